The summed E-state index contributed by atoms with van der Waals surface area (Å²) in [5.74, 6) is -0.822. The molecule has 7 nitrogen and oxygen atoms in total. The molecule has 0 saturated carbocycles. The van der Waals surface area contributed by atoms with Crippen LogP contribution in [0.3, 0.4) is 0 Å². The first kappa shape index (κ1) is 13.9. The summed E-state index contributed by atoms with van der Waals surface area (Å²) in [6.07, 6.45) is -1.67. The van der Waals surface area contributed by atoms with Crippen LogP contribution in [0.4, 0.5) is 0 Å². The SMILES string of the molecule is Cc1ccc2c(c1S(=O)(=O)N(C)C)C(O)N(O)C2=O. The topological polar surface area (TPSA) is 98.2 Å². The Labute approximate surface area is 110 Å². The van der Waals surface area contributed by atoms with Gasteiger partial charge >= 0.3 is 0 Å². The van der Waals surface area contributed by atoms with Crippen molar-refractivity contribution in [2.45, 2.75) is 18.0 Å². The molecule has 0 fully saturated rings. The predicted octanol–water partition coefficient (Wildman–Crippen LogP) is 0.0812. The minimum Gasteiger partial charge on any atom is -0.367 e. The van der Waals surface area contributed by atoms with Crippen LogP contribution in [-0.2, 0) is 10.0 Å². The summed E-state index contributed by atoms with van der Waals surface area (Å²) in [6.45, 7) is 1.56. The van der Waals surface area contributed by atoms with Crippen LogP contribution in [-0.4, -0.2) is 48.1 Å². The lowest BCUT2D eigenvalue weighted by molar-refractivity contribution is -0.153. The third-order valence-corrected chi connectivity index (χ3v) is 5.08. The number of amides is 1. The number of benzene rings is 1. The molecule has 19 heavy (non-hydrogen) atoms. The molecule has 1 heterocycles. The van der Waals surface area contributed by atoms with Crippen LogP contribution in [0.25, 0.3) is 0 Å². The van der Waals surface area contributed by atoms with Crippen LogP contribution in [0, 0.1) is 6.92 Å². The first-order chi connectivity index (χ1) is 8.69. The predicted molar refractivity (Wildman–Crippen MR) is 65.0 cm³/mol. The Morgan fingerprint density at radius 1 is 1.32 bits per heavy atom. The lowest BCUT2D eigenvalue weighted by atomic mass is 10.1. The van der Waals surface area contributed by atoms with E-state index in [0.29, 0.717) is 5.56 Å². The summed E-state index contributed by atoms with van der Waals surface area (Å²) in [5.41, 5.74) is 0.303. The monoisotopic (exact) mass is 286 g/mol. The van der Waals surface area contributed by atoms with Gasteiger partial charge in [-0.3, -0.25) is 10.0 Å². The molecule has 0 saturated heterocycles. The van der Waals surface area contributed by atoms with Gasteiger partial charge in [0.25, 0.3) is 5.91 Å². The second kappa shape index (κ2) is 4.27. The second-order valence-corrected chi connectivity index (χ2v) is 6.57. The molecule has 0 aliphatic carbocycles. The third-order valence-electron chi connectivity index (χ3n) is 3.06. The molecule has 0 spiro atoms. The Bertz CT molecular complexity index is 653. The minimum absolute atomic E-state index is 0.0129. The van der Waals surface area contributed by atoms with Gasteiger partial charge in [-0.25, -0.2) is 12.7 Å². The zero-order valence-corrected chi connectivity index (χ0v) is 11.5. The Morgan fingerprint density at radius 2 is 1.89 bits per heavy atom. The van der Waals surface area contributed by atoms with Crippen LogP contribution in [0.1, 0.15) is 27.7 Å². The maximum atomic E-state index is 12.3. The highest BCUT2D eigenvalue weighted by molar-refractivity contribution is 7.89. The molecule has 2 N–H and O–H groups in total. The molecule has 104 valence electrons. The van der Waals surface area contributed by atoms with Gasteiger partial charge in [0, 0.05) is 19.7 Å². The van der Waals surface area contributed by atoms with E-state index in [1.165, 1.54) is 26.2 Å². The molecule has 1 aromatic carbocycles. The third kappa shape index (κ3) is 1.84. The Balaban J connectivity index is 2.83. The fraction of sp³-hybridized carbons (Fsp3) is 0.364. The molecule has 2 rings (SSSR count). The van der Waals surface area contributed by atoms with E-state index < -0.39 is 22.2 Å². The number of rotatable bonds is 2. The number of carbonyl (C=O) groups is 1. The molecule has 0 radical (unpaired) electrons. The van der Waals surface area contributed by atoms with Crippen LogP contribution in [0.15, 0.2) is 17.0 Å². The number of fused-ring (bicyclic) bond motifs is 1. The summed E-state index contributed by atoms with van der Waals surface area (Å²) >= 11 is 0. The number of hydrogen-bond donors (Lipinski definition) is 2. The smallest absolute Gasteiger partial charge is 0.280 e. The average Bonchev–Trinajstić information content (AvgIpc) is 2.54. The van der Waals surface area contributed by atoms with Gasteiger partial charge in [-0.15, -0.1) is 0 Å². The summed E-state index contributed by atoms with van der Waals surface area (Å²) in [5, 5.41) is 19.4. The van der Waals surface area contributed by atoms with Gasteiger partial charge in [-0.2, -0.15) is 5.06 Å². The fourth-order valence-corrected chi connectivity index (χ4v) is 3.37. The Kier molecular flexibility index (Phi) is 3.13. The van der Waals surface area contributed by atoms with Crippen LogP contribution < -0.4 is 0 Å². The highest BCUT2D eigenvalue weighted by Gasteiger charge is 2.41. The summed E-state index contributed by atoms with van der Waals surface area (Å²) in [4.78, 5) is 11.5. The summed E-state index contributed by atoms with van der Waals surface area (Å²) < 4.78 is 25.5. The molecule has 1 aliphatic rings. The number of nitrogens with zero attached hydrogens (tertiary/aromatic N) is 2. The van der Waals surface area contributed by atoms with Crippen molar-refractivity contribution in [3.05, 3.63) is 28.8 Å². The van der Waals surface area contributed by atoms with Crippen LogP contribution in [0.2, 0.25) is 0 Å². The molecule has 0 aromatic heterocycles. The van der Waals surface area contributed by atoms with E-state index in [4.69, 9.17) is 0 Å². The van der Waals surface area contributed by atoms with Gasteiger partial charge in [0.1, 0.15) is 0 Å². The highest BCUT2D eigenvalue weighted by Crippen LogP contribution is 2.37. The number of aliphatic hydroxyl groups excluding tert-OH is 1. The molecule has 0 bridgehead atoms. The van der Waals surface area contributed by atoms with Gasteiger partial charge in [0.05, 0.1) is 10.5 Å². The summed E-state index contributed by atoms with van der Waals surface area (Å²) in [7, 11) is -1.12. The molecular formula is C11H14N2O5S. The number of aryl methyl sites for hydroxylation is 1. The maximum Gasteiger partial charge on any atom is 0.280 e. The first-order valence-electron chi connectivity index (χ1n) is 5.46. The normalized spacial score (nSPS) is 19.2. The first-order valence-corrected chi connectivity index (χ1v) is 6.90. The number of hydrogen-bond acceptors (Lipinski definition) is 5. The zero-order valence-electron chi connectivity index (χ0n) is 10.7. The molecule has 1 amide bonds. The van der Waals surface area contributed by atoms with Crippen molar-refractivity contribution >= 4 is 15.9 Å². The largest absolute Gasteiger partial charge is 0.367 e. The summed E-state index contributed by atoms with van der Waals surface area (Å²) in [6, 6.07) is 2.86. The number of carbonyl (C=O) groups excluding carboxylic acids is 1. The van der Waals surface area contributed by atoms with E-state index in [9.17, 15) is 23.5 Å². The number of aliphatic hydroxyl groups is 1. The molecule has 1 aromatic rings. The van der Waals surface area contributed by atoms with Gasteiger partial charge < -0.3 is 5.11 Å². The van der Waals surface area contributed by atoms with E-state index in [2.05, 4.69) is 0 Å². The molecule has 1 atom stereocenters. The quantitative estimate of drug-likeness (QED) is 0.750. The van der Waals surface area contributed by atoms with Crippen molar-refractivity contribution < 1.29 is 23.5 Å². The standard InChI is InChI=1S/C11H14N2O5S/c1-6-4-5-7-8(11(15)13(16)10(7)14)9(6)19(17,18)12(2)3/h4-5,11,15-16H,1-3H3. The number of sulfonamides is 1. The van der Waals surface area contributed by atoms with Crippen LogP contribution in [0.5, 0.6) is 0 Å². The van der Waals surface area contributed by atoms with Crippen molar-refractivity contribution in [3.8, 4) is 0 Å². The van der Waals surface area contributed by atoms with E-state index in [-0.39, 0.29) is 21.1 Å². The molecule has 8 heteroatoms. The van der Waals surface area contributed by atoms with Gasteiger partial charge in [-0.05, 0) is 18.6 Å². The van der Waals surface area contributed by atoms with Crippen molar-refractivity contribution in [3.63, 3.8) is 0 Å². The lowest BCUT2D eigenvalue weighted by Gasteiger charge is -2.18. The Hall–Kier alpha value is -1.48. The van der Waals surface area contributed by atoms with Gasteiger partial charge in [0.2, 0.25) is 10.0 Å². The Morgan fingerprint density at radius 3 is 2.42 bits per heavy atom. The zero-order chi connectivity index (χ0) is 14.5. The van der Waals surface area contributed by atoms with Crippen molar-refractivity contribution in [1.29, 1.82) is 0 Å². The van der Waals surface area contributed by atoms with Gasteiger partial charge in [0.15, 0.2) is 6.23 Å². The minimum atomic E-state index is -3.83. The lowest BCUT2D eigenvalue weighted by Crippen LogP contribution is -2.26. The van der Waals surface area contributed by atoms with E-state index in [1.807, 2.05) is 0 Å². The van der Waals surface area contributed by atoms with E-state index in [1.54, 1.807) is 6.92 Å². The van der Waals surface area contributed by atoms with Crippen molar-refractivity contribution in [2.75, 3.05) is 14.1 Å². The highest BCUT2D eigenvalue weighted by atomic mass is 32.2. The molecular weight excluding hydrogens is 272 g/mol. The average molecular weight is 286 g/mol. The number of hydroxylamine groups is 2. The van der Waals surface area contributed by atoms with Crippen molar-refractivity contribution in [2.24, 2.45) is 0 Å². The second-order valence-electron chi connectivity index (χ2n) is 4.48. The maximum absolute atomic E-state index is 12.3. The van der Waals surface area contributed by atoms with Crippen molar-refractivity contribution in [1.82, 2.24) is 9.37 Å². The van der Waals surface area contributed by atoms with Gasteiger partial charge in [-0.1, -0.05) is 6.07 Å². The van der Waals surface area contributed by atoms with E-state index >= 15 is 0 Å². The molecule has 1 aliphatic heterocycles. The van der Waals surface area contributed by atoms with E-state index in [0.717, 1.165) is 4.31 Å². The molecule has 1 unspecified atom stereocenters. The van der Waals surface area contributed by atoms with Crippen LogP contribution >= 0.6 is 0 Å². The fourth-order valence-electron chi connectivity index (χ4n) is 2.03.